The minimum Gasteiger partial charge on any atom is -0.481 e. The Morgan fingerprint density at radius 3 is 0.739 bits per heavy atom. The molecule has 0 aliphatic rings. The first-order valence-corrected chi connectivity index (χ1v) is 24.5. The van der Waals surface area contributed by atoms with Crippen molar-refractivity contribution in [2.75, 3.05) is 6.61 Å². The Hall–Kier alpha value is -3.99. The molecule has 0 fully saturated rings. The highest BCUT2D eigenvalue weighted by atomic mass is 16.4. The van der Waals surface area contributed by atoms with Crippen LogP contribution in [0, 0.1) is 0 Å². The van der Waals surface area contributed by atoms with Gasteiger partial charge in [-0.1, -0.05) is 138 Å². The second kappa shape index (κ2) is 62.0. The number of carboxylic acid groups (broad SMARTS) is 7. The molecular formula is C48H96O21. The van der Waals surface area contributed by atoms with Crippen LogP contribution in [0.4, 0.5) is 0 Å². The van der Waals surface area contributed by atoms with Crippen LogP contribution in [0.15, 0.2) is 0 Å². The Balaban J connectivity index is -0.000000131. The first-order chi connectivity index (χ1) is 32.3. The molecule has 0 aromatic carbocycles. The zero-order chi connectivity index (χ0) is 55.0. The van der Waals surface area contributed by atoms with Gasteiger partial charge >= 0.3 is 41.8 Å². The van der Waals surface area contributed by atoms with Gasteiger partial charge < -0.3 is 71.5 Å². The summed E-state index contributed by atoms with van der Waals surface area (Å²) in [6.07, 6.45) is 14.5. The lowest BCUT2D eigenvalue weighted by molar-refractivity contribution is -0.140. The van der Waals surface area contributed by atoms with Crippen LogP contribution >= 0.6 is 0 Å². The van der Waals surface area contributed by atoms with Gasteiger partial charge in [0.1, 0.15) is 0 Å². The molecule has 0 aromatic rings. The number of aliphatic hydroxyl groups excluding tert-OH is 7. The first-order valence-electron chi connectivity index (χ1n) is 24.5. The standard InChI is InChI=1S/C10H20O3.C9H18O3.C8H16O3.C7H14O3.C6H12O3.C5H10O3.C3H6O3/c1-2-3-4-5-6-7-9(11)8-10(12)13;1-2-3-4-5-6-8(10)7-9(11)12;1-2-3-4-5-7(9)6-8(10)11;1-2-3-4-6(8)5-7(9)10;1-2-3-5(7)4-6(8)9;1-2-4(6)3-5(7)8;4-2-1-3(5)6/h9,11H,2-8H2,1H3,(H,12,13);8,10H,2-7H2,1H3,(H,11,12);7,9H,2-6H2,1H3,(H,10,11);6,8H,2-5H2,1H3,(H,9,10);5,7H,2-4H2,1H3,(H,8,9);4,6H,2-3H2,1H3,(H,7,8);4H,1-2H2,(H,5,6). The normalized spacial score (nSPS) is 12.5. The fourth-order valence-electron chi connectivity index (χ4n) is 5.15. The SMILES string of the molecule is CCC(O)CC(=O)O.CCCC(O)CC(=O)O.CCCCC(O)CC(=O)O.CCCCCC(O)CC(=O)O.CCCCCCC(O)CC(=O)O.CCCCCCCC(O)CC(=O)O.O=C(O)CCO. The zero-order valence-corrected chi connectivity index (χ0v) is 42.6. The Labute approximate surface area is 410 Å². The summed E-state index contributed by atoms with van der Waals surface area (Å²) in [5.41, 5.74) is 0. The van der Waals surface area contributed by atoms with Crippen molar-refractivity contribution in [3.63, 3.8) is 0 Å². The first kappa shape index (κ1) is 79.2. The van der Waals surface area contributed by atoms with Crippen LogP contribution in [0.3, 0.4) is 0 Å². The van der Waals surface area contributed by atoms with Gasteiger partial charge in [0.25, 0.3) is 0 Å². The van der Waals surface area contributed by atoms with E-state index < -0.39 is 78.4 Å². The number of carbonyl (C=O) groups is 7. The fraction of sp³-hybridized carbons (Fsp3) is 0.854. The van der Waals surface area contributed by atoms with Gasteiger partial charge in [-0.2, -0.15) is 0 Å². The summed E-state index contributed by atoms with van der Waals surface area (Å²) in [5.74, 6) is -6.52. The molecule has 0 radical (unpaired) electrons. The van der Waals surface area contributed by atoms with Crippen LogP contribution in [-0.4, -0.2) is 157 Å². The van der Waals surface area contributed by atoms with Gasteiger partial charge in [-0.05, 0) is 38.5 Å². The van der Waals surface area contributed by atoms with Crippen molar-refractivity contribution in [3.8, 4) is 0 Å². The summed E-state index contributed by atoms with van der Waals surface area (Å²) >= 11 is 0. The fourth-order valence-corrected chi connectivity index (χ4v) is 5.15. The topological polar surface area (TPSA) is 403 Å². The van der Waals surface area contributed by atoms with Crippen LogP contribution in [-0.2, 0) is 33.6 Å². The average molecular weight is 1010 g/mol. The molecule has 21 heteroatoms. The smallest absolute Gasteiger partial charge is 0.305 e. The van der Waals surface area contributed by atoms with Crippen molar-refractivity contribution in [2.45, 2.75) is 258 Å². The number of aliphatic carboxylic acids is 7. The molecule has 14 N–H and O–H groups in total. The maximum atomic E-state index is 10.2. The van der Waals surface area contributed by atoms with Crippen molar-refractivity contribution in [1.29, 1.82) is 0 Å². The Morgan fingerprint density at radius 1 is 0.290 bits per heavy atom. The predicted molar refractivity (Wildman–Crippen MR) is 260 cm³/mol. The molecule has 0 aliphatic carbocycles. The molecule has 21 nitrogen and oxygen atoms in total. The van der Waals surface area contributed by atoms with Crippen LogP contribution in [0.2, 0.25) is 0 Å². The van der Waals surface area contributed by atoms with Gasteiger partial charge in [-0.3, -0.25) is 33.6 Å². The number of carboxylic acids is 7. The highest BCUT2D eigenvalue weighted by molar-refractivity contribution is 5.69. The average Bonchev–Trinajstić information content (AvgIpc) is 3.21. The number of aliphatic hydroxyl groups is 7. The van der Waals surface area contributed by atoms with Gasteiger partial charge in [-0.15, -0.1) is 0 Å². The zero-order valence-electron chi connectivity index (χ0n) is 42.6. The van der Waals surface area contributed by atoms with E-state index in [9.17, 15) is 38.7 Å². The molecule has 0 saturated heterocycles. The Bertz CT molecular complexity index is 1190. The number of rotatable bonds is 35. The lowest BCUT2D eigenvalue weighted by Crippen LogP contribution is -2.12. The molecule has 0 bridgehead atoms. The summed E-state index contributed by atoms with van der Waals surface area (Å²) in [5, 5.41) is 119. The third kappa shape index (κ3) is 98.4. The summed E-state index contributed by atoms with van der Waals surface area (Å²) in [4.78, 5) is 69.6. The highest BCUT2D eigenvalue weighted by Gasteiger charge is 2.11. The molecule has 6 unspecified atom stereocenters. The number of unbranched alkanes of at least 4 members (excludes halogenated alkanes) is 10. The molecule has 0 amide bonds. The van der Waals surface area contributed by atoms with Crippen molar-refractivity contribution >= 4 is 41.8 Å². The molecule has 6 atom stereocenters. The summed E-state index contributed by atoms with van der Waals surface area (Å²) in [6.45, 7) is 11.7. The van der Waals surface area contributed by atoms with E-state index in [4.69, 9.17) is 66.4 Å². The monoisotopic (exact) mass is 1010 g/mol. The van der Waals surface area contributed by atoms with Crippen LogP contribution < -0.4 is 0 Å². The molecule has 0 heterocycles. The van der Waals surface area contributed by atoms with Gasteiger partial charge in [0.2, 0.25) is 0 Å². The van der Waals surface area contributed by atoms with E-state index in [1.165, 1.54) is 25.7 Å². The molecule has 414 valence electrons. The van der Waals surface area contributed by atoms with Gasteiger partial charge in [0.05, 0.1) is 88.2 Å². The molecule has 69 heavy (non-hydrogen) atoms. The lowest BCUT2D eigenvalue weighted by Gasteiger charge is -2.06. The number of hydrogen-bond donors (Lipinski definition) is 14. The van der Waals surface area contributed by atoms with E-state index in [-0.39, 0.29) is 51.6 Å². The van der Waals surface area contributed by atoms with Crippen molar-refractivity contribution in [2.24, 2.45) is 0 Å². The Kier molecular flexibility index (Phi) is 71.2. The molecule has 0 saturated carbocycles. The summed E-state index contributed by atoms with van der Waals surface area (Å²) < 4.78 is 0. The predicted octanol–water partition coefficient (Wildman–Crippen LogP) is 6.70. The maximum absolute atomic E-state index is 10.2. The van der Waals surface area contributed by atoms with Crippen LogP contribution in [0.1, 0.15) is 221 Å². The van der Waals surface area contributed by atoms with E-state index in [2.05, 4.69) is 20.8 Å². The molecular weight excluding hydrogens is 913 g/mol. The van der Waals surface area contributed by atoms with E-state index in [1.54, 1.807) is 6.92 Å². The number of hydrogen-bond acceptors (Lipinski definition) is 14. The van der Waals surface area contributed by atoms with Gasteiger partial charge in [-0.25, -0.2) is 0 Å². The molecule has 0 spiro atoms. The Morgan fingerprint density at radius 2 is 0.522 bits per heavy atom. The highest BCUT2D eigenvalue weighted by Crippen LogP contribution is 2.10. The van der Waals surface area contributed by atoms with Crippen LogP contribution in [0.25, 0.3) is 0 Å². The van der Waals surface area contributed by atoms with Gasteiger partial charge in [0.15, 0.2) is 0 Å². The van der Waals surface area contributed by atoms with Crippen molar-refractivity contribution < 1.29 is 105 Å². The van der Waals surface area contributed by atoms with Crippen LogP contribution in [0.5, 0.6) is 0 Å². The van der Waals surface area contributed by atoms with Crippen molar-refractivity contribution in [1.82, 2.24) is 0 Å². The van der Waals surface area contributed by atoms with E-state index in [0.717, 1.165) is 70.6 Å². The maximum Gasteiger partial charge on any atom is 0.305 e. The quantitative estimate of drug-likeness (QED) is 0.0294. The summed E-state index contributed by atoms with van der Waals surface area (Å²) in [7, 11) is 0. The second-order valence-electron chi connectivity index (χ2n) is 16.3. The summed E-state index contributed by atoms with van der Waals surface area (Å²) in [6, 6.07) is 0. The minimum absolute atomic E-state index is 0.117. The van der Waals surface area contributed by atoms with E-state index >= 15 is 0 Å². The minimum atomic E-state index is -0.961. The van der Waals surface area contributed by atoms with Gasteiger partial charge in [0, 0.05) is 0 Å². The molecule has 0 aromatic heterocycles. The second-order valence-corrected chi connectivity index (χ2v) is 16.3. The van der Waals surface area contributed by atoms with Crippen molar-refractivity contribution in [3.05, 3.63) is 0 Å². The lowest BCUT2D eigenvalue weighted by atomic mass is 10.1. The third-order valence-corrected chi connectivity index (χ3v) is 8.94. The van der Waals surface area contributed by atoms with E-state index in [1.807, 2.05) is 13.8 Å². The molecule has 0 aliphatic heterocycles. The third-order valence-electron chi connectivity index (χ3n) is 8.94. The largest absolute Gasteiger partial charge is 0.481 e. The molecule has 0 rings (SSSR count). The van der Waals surface area contributed by atoms with E-state index in [0.29, 0.717) is 38.5 Å².